The standard InChI is InChI=1S/C18H15Cl3N4OS/c1-25-15(7-11-5-3-2-4-6-11)23-24-18(25)27-10-16(26)22-17-13(20)8-12(19)9-14(17)21/h2-6,8-9H,7,10H2,1H3,(H,22,26). The molecule has 0 bridgehead atoms. The summed E-state index contributed by atoms with van der Waals surface area (Å²) in [5.74, 6) is 0.721. The van der Waals surface area contributed by atoms with Crippen molar-refractivity contribution in [3.63, 3.8) is 0 Å². The van der Waals surface area contributed by atoms with Gasteiger partial charge in [-0.05, 0) is 17.7 Å². The van der Waals surface area contributed by atoms with Crippen molar-refractivity contribution in [2.75, 3.05) is 11.1 Å². The summed E-state index contributed by atoms with van der Waals surface area (Å²) in [6.07, 6.45) is 0.674. The van der Waals surface area contributed by atoms with E-state index in [2.05, 4.69) is 15.5 Å². The molecule has 3 aromatic rings. The maximum atomic E-state index is 12.2. The summed E-state index contributed by atoms with van der Waals surface area (Å²) in [6.45, 7) is 0. The Bertz CT molecular complexity index is 939. The lowest BCUT2D eigenvalue weighted by atomic mass is 10.1. The van der Waals surface area contributed by atoms with Gasteiger partial charge in [0.05, 0.1) is 21.5 Å². The highest BCUT2D eigenvalue weighted by molar-refractivity contribution is 7.99. The molecule has 1 N–H and O–H groups in total. The van der Waals surface area contributed by atoms with E-state index in [-0.39, 0.29) is 21.7 Å². The quantitative estimate of drug-likeness (QED) is 0.541. The number of halogens is 3. The fraction of sp³-hybridized carbons (Fsp3) is 0.167. The zero-order chi connectivity index (χ0) is 19.4. The molecule has 1 heterocycles. The molecule has 9 heteroatoms. The molecule has 2 aromatic carbocycles. The number of aromatic nitrogens is 3. The van der Waals surface area contributed by atoms with Gasteiger partial charge in [0, 0.05) is 18.5 Å². The lowest BCUT2D eigenvalue weighted by Gasteiger charge is -2.09. The van der Waals surface area contributed by atoms with Gasteiger partial charge in [0.15, 0.2) is 5.16 Å². The topological polar surface area (TPSA) is 59.8 Å². The Morgan fingerprint density at radius 3 is 2.44 bits per heavy atom. The fourth-order valence-corrected chi connectivity index (χ4v) is 4.01. The number of carbonyl (C=O) groups is 1. The molecule has 0 aliphatic carbocycles. The van der Waals surface area contributed by atoms with E-state index in [1.165, 1.54) is 23.9 Å². The molecule has 0 aliphatic rings. The van der Waals surface area contributed by atoms with Gasteiger partial charge in [-0.15, -0.1) is 10.2 Å². The van der Waals surface area contributed by atoms with Gasteiger partial charge in [-0.3, -0.25) is 4.79 Å². The van der Waals surface area contributed by atoms with Crippen molar-refractivity contribution in [3.8, 4) is 0 Å². The first kappa shape index (κ1) is 20.0. The second-order valence-electron chi connectivity index (χ2n) is 5.70. The van der Waals surface area contributed by atoms with Crippen LogP contribution in [0.25, 0.3) is 0 Å². The second-order valence-corrected chi connectivity index (χ2v) is 7.89. The molecule has 27 heavy (non-hydrogen) atoms. The van der Waals surface area contributed by atoms with Crippen molar-refractivity contribution in [2.45, 2.75) is 11.6 Å². The third-order valence-corrected chi connectivity index (χ3v) is 5.57. The Labute approximate surface area is 176 Å². The Kier molecular flexibility index (Phi) is 6.65. The van der Waals surface area contributed by atoms with E-state index in [0.29, 0.717) is 22.3 Å². The van der Waals surface area contributed by atoms with Crippen molar-refractivity contribution in [1.82, 2.24) is 14.8 Å². The normalized spacial score (nSPS) is 10.8. The SMILES string of the molecule is Cn1c(Cc2ccccc2)nnc1SCC(=O)Nc1c(Cl)cc(Cl)cc1Cl. The van der Waals surface area contributed by atoms with Crippen LogP contribution in [0.2, 0.25) is 15.1 Å². The number of nitrogens with one attached hydrogen (secondary N) is 1. The molecular weight excluding hydrogens is 427 g/mol. The third kappa shape index (κ3) is 5.17. The van der Waals surface area contributed by atoms with Crippen LogP contribution in [-0.2, 0) is 18.3 Å². The van der Waals surface area contributed by atoms with Gasteiger partial charge in [0.25, 0.3) is 0 Å². The number of benzene rings is 2. The number of nitrogens with zero attached hydrogens (tertiary/aromatic N) is 3. The van der Waals surface area contributed by atoms with Crippen LogP contribution in [0.15, 0.2) is 47.6 Å². The zero-order valence-corrected chi connectivity index (χ0v) is 17.3. The van der Waals surface area contributed by atoms with E-state index < -0.39 is 0 Å². The highest BCUT2D eigenvalue weighted by atomic mass is 35.5. The number of hydrogen-bond donors (Lipinski definition) is 1. The molecule has 3 rings (SSSR count). The molecule has 0 spiro atoms. The maximum absolute atomic E-state index is 12.2. The minimum atomic E-state index is -0.251. The molecule has 0 saturated carbocycles. The highest BCUT2D eigenvalue weighted by Crippen LogP contribution is 2.33. The third-order valence-electron chi connectivity index (χ3n) is 3.73. The first-order valence-corrected chi connectivity index (χ1v) is 10.1. The van der Waals surface area contributed by atoms with E-state index in [9.17, 15) is 4.79 Å². The molecule has 5 nitrogen and oxygen atoms in total. The molecule has 0 fully saturated rings. The van der Waals surface area contributed by atoms with Gasteiger partial charge in [0.2, 0.25) is 5.91 Å². The summed E-state index contributed by atoms with van der Waals surface area (Å²) in [7, 11) is 1.88. The van der Waals surface area contributed by atoms with E-state index in [1.54, 1.807) is 0 Å². The number of anilines is 1. The first-order valence-electron chi connectivity index (χ1n) is 7.93. The number of hydrogen-bond acceptors (Lipinski definition) is 4. The summed E-state index contributed by atoms with van der Waals surface area (Å²) < 4.78 is 1.88. The molecule has 0 unspecified atom stereocenters. The predicted molar refractivity (Wildman–Crippen MR) is 111 cm³/mol. The van der Waals surface area contributed by atoms with Crippen LogP contribution in [0.4, 0.5) is 5.69 Å². The van der Waals surface area contributed by atoms with Gasteiger partial charge in [-0.1, -0.05) is 76.9 Å². The second kappa shape index (κ2) is 8.97. The molecule has 0 aliphatic heterocycles. The maximum Gasteiger partial charge on any atom is 0.234 e. The van der Waals surface area contributed by atoms with Crippen molar-refractivity contribution in [3.05, 3.63) is 68.9 Å². The Morgan fingerprint density at radius 1 is 1.11 bits per heavy atom. The molecule has 1 aromatic heterocycles. The van der Waals surface area contributed by atoms with Crippen LogP contribution < -0.4 is 5.32 Å². The largest absolute Gasteiger partial charge is 0.323 e. The predicted octanol–water partition coefficient (Wildman–Crippen LogP) is 5.10. The summed E-state index contributed by atoms with van der Waals surface area (Å²) in [5, 5.41) is 12.7. The first-order chi connectivity index (χ1) is 12.9. The smallest absolute Gasteiger partial charge is 0.234 e. The van der Waals surface area contributed by atoms with E-state index in [1.807, 2.05) is 41.9 Å². The average molecular weight is 442 g/mol. The van der Waals surface area contributed by atoms with Crippen LogP contribution in [-0.4, -0.2) is 26.4 Å². The molecule has 0 radical (unpaired) electrons. The van der Waals surface area contributed by atoms with Crippen LogP contribution in [0.3, 0.4) is 0 Å². The summed E-state index contributed by atoms with van der Waals surface area (Å²) in [6, 6.07) is 13.1. The lowest BCUT2D eigenvalue weighted by Crippen LogP contribution is -2.15. The van der Waals surface area contributed by atoms with Crippen LogP contribution in [0.5, 0.6) is 0 Å². The van der Waals surface area contributed by atoms with Gasteiger partial charge in [-0.25, -0.2) is 0 Å². The molecule has 0 saturated heterocycles. The van der Waals surface area contributed by atoms with Gasteiger partial charge in [-0.2, -0.15) is 0 Å². The molecule has 140 valence electrons. The summed E-state index contributed by atoms with van der Waals surface area (Å²) >= 11 is 19.3. The van der Waals surface area contributed by atoms with Gasteiger partial charge in [0.1, 0.15) is 5.82 Å². The Balaban J connectivity index is 1.61. The van der Waals surface area contributed by atoms with E-state index >= 15 is 0 Å². The van der Waals surface area contributed by atoms with Crippen LogP contribution in [0.1, 0.15) is 11.4 Å². The molecule has 1 amide bonds. The van der Waals surface area contributed by atoms with Crippen molar-refractivity contribution in [2.24, 2.45) is 7.05 Å². The van der Waals surface area contributed by atoms with Crippen LogP contribution in [0, 0.1) is 0 Å². The van der Waals surface area contributed by atoms with Crippen molar-refractivity contribution < 1.29 is 4.79 Å². The van der Waals surface area contributed by atoms with Crippen molar-refractivity contribution >= 4 is 58.2 Å². The summed E-state index contributed by atoms with van der Waals surface area (Å²) in [5.41, 5.74) is 1.49. The zero-order valence-electron chi connectivity index (χ0n) is 14.2. The lowest BCUT2D eigenvalue weighted by molar-refractivity contribution is -0.113. The highest BCUT2D eigenvalue weighted by Gasteiger charge is 2.14. The fourth-order valence-electron chi connectivity index (χ4n) is 2.37. The summed E-state index contributed by atoms with van der Waals surface area (Å²) in [4.78, 5) is 12.2. The Morgan fingerprint density at radius 2 is 1.78 bits per heavy atom. The van der Waals surface area contributed by atoms with E-state index in [4.69, 9.17) is 34.8 Å². The number of carbonyl (C=O) groups excluding carboxylic acids is 1. The Hall–Kier alpha value is -1.73. The molecular formula is C18H15Cl3N4OS. The average Bonchev–Trinajstić information content (AvgIpc) is 2.97. The van der Waals surface area contributed by atoms with Crippen molar-refractivity contribution in [1.29, 1.82) is 0 Å². The van der Waals surface area contributed by atoms with E-state index in [0.717, 1.165) is 11.4 Å². The van der Waals surface area contributed by atoms with Crippen LogP contribution >= 0.6 is 46.6 Å². The monoisotopic (exact) mass is 440 g/mol. The number of rotatable bonds is 6. The van der Waals surface area contributed by atoms with Gasteiger partial charge < -0.3 is 9.88 Å². The number of thioether (sulfide) groups is 1. The minimum absolute atomic E-state index is 0.145. The minimum Gasteiger partial charge on any atom is -0.323 e. The number of amides is 1. The molecule has 0 atom stereocenters. The van der Waals surface area contributed by atoms with Gasteiger partial charge >= 0.3 is 0 Å².